The van der Waals surface area contributed by atoms with Crippen LogP contribution in [0.2, 0.25) is 0 Å². The molecule has 0 saturated heterocycles. The molecule has 2 heterocycles. The molecule has 3 rings (SSSR count). The number of para-hydroxylation sites is 1. The van der Waals surface area contributed by atoms with Gasteiger partial charge in [-0.25, -0.2) is 4.79 Å². The van der Waals surface area contributed by atoms with Crippen molar-refractivity contribution in [3.8, 4) is 5.75 Å². The van der Waals surface area contributed by atoms with Crippen LogP contribution in [0.5, 0.6) is 5.75 Å². The molecule has 0 atom stereocenters. The lowest BCUT2D eigenvalue weighted by Crippen LogP contribution is -2.08. The zero-order valence-corrected chi connectivity index (χ0v) is 19.4. The molecule has 1 aromatic carbocycles. The summed E-state index contributed by atoms with van der Waals surface area (Å²) < 4.78 is 11.3. The van der Waals surface area contributed by atoms with Gasteiger partial charge in [0.25, 0.3) is 0 Å². The number of rotatable bonds is 7. The molecule has 0 radical (unpaired) electrons. The Labute approximate surface area is 188 Å². The second-order valence-corrected chi connectivity index (χ2v) is 7.62. The summed E-state index contributed by atoms with van der Waals surface area (Å²) in [5.74, 6) is 0.182. The topological polar surface area (TPSA) is 87.1 Å². The molecule has 0 N–H and O–H groups in total. The fraction of sp³-hybridized carbons (Fsp3) is 0.320. The van der Waals surface area contributed by atoms with Crippen LogP contribution in [0.1, 0.15) is 51.1 Å². The highest BCUT2D eigenvalue weighted by Crippen LogP contribution is 2.21. The number of aromatic nitrogens is 4. The van der Waals surface area contributed by atoms with E-state index in [0.717, 1.165) is 45.4 Å². The molecule has 0 unspecified atom stereocenters. The van der Waals surface area contributed by atoms with Crippen molar-refractivity contribution < 1.29 is 14.3 Å². The van der Waals surface area contributed by atoms with Gasteiger partial charge in [0.2, 0.25) is 0 Å². The van der Waals surface area contributed by atoms with Crippen LogP contribution in [0, 0.1) is 41.5 Å². The molecule has 2 aromatic heterocycles. The maximum atomic E-state index is 12.2. The van der Waals surface area contributed by atoms with E-state index in [1.165, 1.54) is 6.08 Å². The first-order valence-electron chi connectivity index (χ1n) is 10.4. The lowest BCUT2D eigenvalue weighted by atomic mass is 10.2. The van der Waals surface area contributed by atoms with Gasteiger partial charge in [-0.15, -0.1) is 0 Å². The number of nitrogens with zero attached hydrogens (tertiary/aromatic N) is 4. The Balaban J connectivity index is 1.65. The summed E-state index contributed by atoms with van der Waals surface area (Å²) in [4.78, 5) is 30.2. The number of hydrogen-bond acceptors (Lipinski definition) is 7. The summed E-state index contributed by atoms with van der Waals surface area (Å²) in [6.45, 7) is 11.8. The molecule has 7 nitrogen and oxygen atoms in total. The fourth-order valence-corrected chi connectivity index (χ4v) is 3.04. The van der Waals surface area contributed by atoms with Crippen LogP contribution in [0.15, 0.2) is 30.3 Å². The molecule has 32 heavy (non-hydrogen) atoms. The van der Waals surface area contributed by atoms with Gasteiger partial charge in [-0.3, -0.25) is 19.9 Å². The van der Waals surface area contributed by atoms with Gasteiger partial charge in [0, 0.05) is 11.6 Å². The lowest BCUT2D eigenvalue weighted by molar-refractivity contribution is -0.139. The monoisotopic (exact) mass is 432 g/mol. The molecule has 0 aliphatic rings. The standard InChI is InChI=1S/C25H28N4O3/c1-15-17(3)28-22(19(5)26-15)13-31-24-10-8-7-9-21(24)11-12-25(30)32-14-23-20(6)27-16(2)18(4)29-23/h7-12H,13-14H2,1-6H3/b12-11+. The van der Waals surface area contributed by atoms with Crippen molar-refractivity contribution in [2.45, 2.75) is 54.8 Å². The summed E-state index contributed by atoms with van der Waals surface area (Å²) >= 11 is 0. The second-order valence-electron chi connectivity index (χ2n) is 7.62. The third-order valence-corrected chi connectivity index (χ3v) is 5.19. The van der Waals surface area contributed by atoms with E-state index in [0.29, 0.717) is 18.1 Å². The Bertz CT molecular complexity index is 1170. The summed E-state index contributed by atoms with van der Waals surface area (Å²) in [6.07, 6.45) is 3.06. The highest BCUT2D eigenvalue weighted by atomic mass is 16.5. The molecule has 0 amide bonds. The van der Waals surface area contributed by atoms with Crippen LogP contribution in [0.3, 0.4) is 0 Å². The minimum absolute atomic E-state index is 0.0754. The van der Waals surface area contributed by atoms with E-state index in [9.17, 15) is 4.79 Å². The van der Waals surface area contributed by atoms with Gasteiger partial charge in [-0.1, -0.05) is 18.2 Å². The quantitative estimate of drug-likeness (QED) is 0.402. The molecule has 3 aromatic rings. The van der Waals surface area contributed by atoms with Gasteiger partial charge in [0.15, 0.2) is 0 Å². The number of carbonyl (C=O) groups is 1. The number of ether oxygens (including phenoxy) is 2. The van der Waals surface area contributed by atoms with Crippen LogP contribution in [0.4, 0.5) is 0 Å². The van der Waals surface area contributed by atoms with Crippen molar-refractivity contribution >= 4 is 12.0 Å². The Morgan fingerprint density at radius 2 is 1.28 bits per heavy atom. The number of benzene rings is 1. The molecule has 0 aliphatic heterocycles. The fourth-order valence-electron chi connectivity index (χ4n) is 3.04. The number of hydrogen-bond donors (Lipinski definition) is 0. The smallest absolute Gasteiger partial charge is 0.331 e. The predicted molar refractivity (Wildman–Crippen MR) is 122 cm³/mol. The normalized spacial score (nSPS) is 11.1. The first kappa shape index (κ1) is 23.1. The molecule has 166 valence electrons. The van der Waals surface area contributed by atoms with E-state index in [2.05, 4.69) is 19.9 Å². The van der Waals surface area contributed by atoms with Crippen molar-refractivity contribution in [3.05, 3.63) is 81.5 Å². The average molecular weight is 433 g/mol. The maximum absolute atomic E-state index is 12.2. The SMILES string of the molecule is Cc1nc(C)c(COC(=O)/C=C/c2ccccc2OCc2nc(C)c(C)nc2C)nc1C. The van der Waals surface area contributed by atoms with E-state index >= 15 is 0 Å². The summed E-state index contributed by atoms with van der Waals surface area (Å²) in [7, 11) is 0. The number of aryl methyl sites for hydroxylation is 6. The van der Waals surface area contributed by atoms with E-state index in [1.54, 1.807) is 6.08 Å². The minimum Gasteiger partial charge on any atom is -0.487 e. The van der Waals surface area contributed by atoms with Crippen molar-refractivity contribution in [1.82, 2.24) is 19.9 Å². The third-order valence-electron chi connectivity index (χ3n) is 5.19. The molecular formula is C25H28N4O3. The van der Waals surface area contributed by atoms with Gasteiger partial charge < -0.3 is 9.47 Å². The second kappa shape index (κ2) is 10.1. The Morgan fingerprint density at radius 3 is 1.91 bits per heavy atom. The average Bonchev–Trinajstić information content (AvgIpc) is 2.76. The molecule has 0 spiro atoms. The Kier molecular flexibility index (Phi) is 7.30. The summed E-state index contributed by atoms with van der Waals surface area (Å²) in [5.41, 5.74) is 7.30. The highest BCUT2D eigenvalue weighted by Gasteiger charge is 2.10. The van der Waals surface area contributed by atoms with E-state index in [-0.39, 0.29) is 6.61 Å². The highest BCUT2D eigenvalue weighted by molar-refractivity contribution is 5.87. The molecule has 0 bridgehead atoms. The van der Waals surface area contributed by atoms with Gasteiger partial charge in [-0.2, -0.15) is 0 Å². The van der Waals surface area contributed by atoms with Crippen molar-refractivity contribution in [2.24, 2.45) is 0 Å². The zero-order valence-electron chi connectivity index (χ0n) is 19.4. The van der Waals surface area contributed by atoms with Crippen LogP contribution in [-0.2, 0) is 22.7 Å². The third kappa shape index (κ3) is 5.75. The zero-order chi connectivity index (χ0) is 23.3. The van der Waals surface area contributed by atoms with Crippen LogP contribution < -0.4 is 4.74 Å². The van der Waals surface area contributed by atoms with E-state index < -0.39 is 5.97 Å². The van der Waals surface area contributed by atoms with Gasteiger partial charge in [-0.05, 0) is 53.7 Å². The van der Waals surface area contributed by atoms with Gasteiger partial charge >= 0.3 is 5.97 Å². The van der Waals surface area contributed by atoms with Crippen LogP contribution >= 0.6 is 0 Å². The Hall–Kier alpha value is -3.61. The van der Waals surface area contributed by atoms with E-state index in [1.807, 2.05) is 65.8 Å². The van der Waals surface area contributed by atoms with Crippen molar-refractivity contribution in [3.63, 3.8) is 0 Å². The molecule has 0 fully saturated rings. The summed E-state index contributed by atoms with van der Waals surface area (Å²) in [5, 5.41) is 0. The molecular weight excluding hydrogens is 404 g/mol. The minimum atomic E-state index is -0.463. The molecule has 7 heteroatoms. The first-order valence-corrected chi connectivity index (χ1v) is 10.4. The Morgan fingerprint density at radius 1 is 0.750 bits per heavy atom. The maximum Gasteiger partial charge on any atom is 0.331 e. The first-order chi connectivity index (χ1) is 15.2. The van der Waals surface area contributed by atoms with Gasteiger partial charge in [0.05, 0.1) is 45.6 Å². The largest absolute Gasteiger partial charge is 0.487 e. The molecule has 0 saturated carbocycles. The van der Waals surface area contributed by atoms with Crippen molar-refractivity contribution in [2.75, 3.05) is 0 Å². The number of carbonyl (C=O) groups excluding carboxylic acids is 1. The number of esters is 1. The van der Waals surface area contributed by atoms with E-state index in [4.69, 9.17) is 9.47 Å². The van der Waals surface area contributed by atoms with Crippen LogP contribution in [-0.4, -0.2) is 25.9 Å². The molecule has 0 aliphatic carbocycles. The summed E-state index contributed by atoms with van der Waals surface area (Å²) in [6, 6.07) is 7.48. The lowest BCUT2D eigenvalue weighted by Gasteiger charge is -2.11. The van der Waals surface area contributed by atoms with Crippen LogP contribution in [0.25, 0.3) is 6.08 Å². The van der Waals surface area contributed by atoms with Crippen molar-refractivity contribution in [1.29, 1.82) is 0 Å². The predicted octanol–water partition coefficient (Wildman–Crippen LogP) is 4.45. The van der Waals surface area contributed by atoms with Gasteiger partial charge in [0.1, 0.15) is 19.0 Å².